The predicted molar refractivity (Wildman–Crippen MR) is 55.6 cm³/mol. The van der Waals surface area contributed by atoms with Gasteiger partial charge in [0.1, 0.15) is 0 Å². The second-order valence-electron chi connectivity index (χ2n) is 3.33. The topological polar surface area (TPSA) is 47.8 Å². The number of hydrogen-bond donors (Lipinski definition) is 0. The van der Waals surface area contributed by atoms with Crippen molar-refractivity contribution in [3.63, 3.8) is 0 Å². The number of hydrogen-bond acceptors (Lipinski definition) is 3. The largest absolute Gasteiger partial charge is 0.331 e. The summed E-state index contributed by atoms with van der Waals surface area (Å²) in [4.78, 5) is 19.2. The number of rotatable bonds is 3. The molecule has 0 aromatic carbocycles. The van der Waals surface area contributed by atoms with E-state index in [1.165, 1.54) is 6.92 Å². The fraction of sp³-hybridized carbons (Fsp3) is 0.182. The zero-order valence-corrected chi connectivity index (χ0v) is 8.42. The maximum absolute atomic E-state index is 11.0. The van der Waals surface area contributed by atoms with Gasteiger partial charge in [-0.2, -0.15) is 0 Å². The molecule has 0 saturated heterocycles. The van der Waals surface area contributed by atoms with Crippen molar-refractivity contribution in [1.29, 1.82) is 0 Å². The van der Waals surface area contributed by atoms with Gasteiger partial charge in [-0.25, -0.2) is 4.98 Å². The first-order chi connectivity index (χ1) is 7.25. The van der Waals surface area contributed by atoms with E-state index in [1.807, 2.05) is 16.8 Å². The molecular formula is C11H11N3O. The van der Waals surface area contributed by atoms with Crippen LogP contribution in [0.4, 0.5) is 0 Å². The highest BCUT2D eigenvalue weighted by atomic mass is 16.1. The van der Waals surface area contributed by atoms with Crippen LogP contribution >= 0.6 is 0 Å². The molecule has 2 rings (SSSR count). The summed E-state index contributed by atoms with van der Waals surface area (Å²) in [6.07, 6.45) is 6.94. The van der Waals surface area contributed by atoms with Gasteiger partial charge in [0.05, 0.1) is 18.6 Å². The van der Waals surface area contributed by atoms with E-state index in [4.69, 9.17) is 0 Å². The lowest BCUT2D eigenvalue weighted by Gasteiger charge is -2.01. The van der Waals surface area contributed by atoms with Gasteiger partial charge >= 0.3 is 0 Å². The lowest BCUT2D eigenvalue weighted by molar-refractivity contribution is 0.101. The van der Waals surface area contributed by atoms with Gasteiger partial charge in [0.15, 0.2) is 5.78 Å². The van der Waals surface area contributed by atoms with Crippen molar-refractivity contribution >= 4 is 5.78 Å². The molecule has 0 spiro atoms. The Kier molecular flexibility index (Phi) is 2.58. The van der Waals surface area contributed by atoms with Gasteiger partial charge in [-0.3, -0.25) is 9.78 Å². The van der Waals surface area contributed by atoms with Gasteiger partial charge in [-0.05, 0) is 19.1 Å². The summed E-state index contributed by atoms with van der Waals surface area (Å²) in [5.41, 5.74) is 1.56. The van der Waals surface area contributed by atoms with E-state index in [9.17, 15) is 4.79 Å². The molecule has 0 amide bonds. The molecule has 2 aromatic rings. The third-order valence-electron chi connectivity index (χ3n) is 2.14. The van der Waals surface area contributed by atoms with Crippen LogP contribution in [-0.4, -0.2) is 20.3 Å². The minimum atomic E-state index is 0.0386. The van der Waals surface area contributed by atoms with Gasteiger partial charge in [-0.15, -0.1) is 0 Å². The lowest BCUT2D eigenvalue weighted by Crippen LogP contribution is -2.01. The van der Waals surface area contributed by atoms with E-state index in [-0.39, 0.29) is 5.78 Å². The van der Waals surface area contributed by atoms with Crippen molar-refractivity contribution in [3.8, 4) is 0 Å². The minimum absolute atomic E-state index is 0.0386. The summed E-state index contributed by atoms with van der Waals surface area (Å²) in [6.45, 7) is 2.21. The SMILES string of the molecule is CC(=O)c1ccc(Cn2ccnc2)nc1. The average Bonchev–Trinajstić information content (AvgIpc) is 2.71. The summed E-state index contributed by atoms with van der Waals surface area (Å²) in [5, 5.41) is 0. The Bertz CT molecular complexity index is 445. The Morgan fingerprint density at radius 2 is 2.33 bits per heavy atom. The van der Waals surface area contributed by atoms with E-state index in [2.05, 4.69) is 9.97 Å². The molecule has 0 atom stereocenters. The molecule has 4 nitrogen and oxygen atoms in total. The maximum Gasteiger partial charge on any atom is 0.161 e. The van der Waals surface area contributed by atoms with Crippen molar-refractivity contribution in [1.82, 2.24) is 14.5 Å². The number of imidazole rings is 1. The fourth-order valence-electron chi connectivity index (χ4n) is 1.29. The van der Waals surface area contributed by atoms with Crippen LogP contribution in [0.3, 0.4) is 0 Å². The van der Waals surface area contributed by atoms with Crippen LogP contribution in [0.15, 0.2) is 37.1 Å². The molecule has 76 valence electrons. The monoisotopic (exact) mass is 201 g/mol. The highest BCUT2D eigenvalue weighted by Gasteiger charge is 2.00. The molecule has 2 heterocycles. The number of carbonyl (C=O) groups excluding carboxylic acids is 1. The number of nitrogens with zero attached hydrogens (tertiary/aromatic N) is 3. The Labute approximate surface area is 87.6 Å². The van der Waals surface area contributed by atoms with Gasteiger partial charge in [-0.1, -0.05) is 0 Å². The number of Topliss-reactive ketones (excluding diaryl/α,β-unsaturated/α-hetero) is 1. The highest BCUT2D eigenvalue weighted by Crippen LogP contribution is 2.03. The second kappa shape index (κ2) is 4.04. The first-order valence-corrected chi connectivity index (χ1v) is 4.67. The summed E-state index contributed by atoms with van der Waals surface area (Å²) in [7, 11) is 0. The Morgan fingerprint density at radius 1 is 1.47 bits per heavy atom. The number of ketones is 1. The fourth-order valence-corrected chi connectivity index (χ4v) is 1.29. The average molecular weight is 201 g/mol. The van der Waals surface area contributed by atoms with E-state index < -0.39 is 0 Å². The van der Waals surface area contributed by atoms with Crippen LogP contribution in [0.5, 0.6) is 0 Å². The van der Waals surface area contributed by atoms with Crippen LogP contribution in [-0.2, 0) is 6.54 Å². The van der Waals surface area contributed by atoms with Crippen LogP contribution in [0.25, 0.3) is 0 Å². The molecule has 0 unspecified atom stereocenters. The van der Waals surface area contributed by atoms with Crippen molar-refractivity contribution in [2.24, 2.45) is 0 Å². The maximum atomic E-state index is 11.0. The van der Waals surface area contributed by atoms with Gasteiger partial charge in [0, 0.05) is 24.2 Å². The summed E-state index contributed by atoms with van der Waals surface area (Å²) in [5.74, 6) is 0.0386. The quantitative estimate of drug-likeness (QED) is 0.707. The Balaban J connectivity index is 2.14. The molecule has 0 N–H and O–H groups in total. The molecule has 0 aliphatic rings. The van der Waals surface area contributed by atoms with Gasteiger partial charge in [0.25, 0.3) is 0 Å². The summed E-state index contributed by atoms with van der Waals surface area (Å²) >= 11 is 0. The predicted octanol–water partition coefficient (Wildman–Crippen LogP) is 1.53. The summed E-state index contributed by atoms with van der Waals surface area (Å²) < 4.78 is 1.93. The van der Waals surface area contributed by atoms with Crippen LogP contribution < -0.4 is 0 Å². The van der Waals surface area contributed by atoms with Crippen molar-refractivity contribution in [3.05, 3.63) is 48.3 Å². The Morgan fingerprint density at radius 3 is 2.87 bits per heavy atom. The van der Waals surface area contributed by atoms with E-state index in [1.54, 1.807) is 24.8 Å². The molecule has 4 heteroatoms. The van der Waals surface area contributed by atoms with Crippen molar-refractivity contribution in [2.75, 3.05) is 0 Å². The molecule has 15 heavy (non-hydrogen) atoms. The molecule has 0 bridgehead atoms. The molecular weight excluding hydrogens is 190 g/mol. The molecule has 0 radical (unpaired) electrons. The third-order valence-corrected chi connectivity index (χ3v) is 2.14. The molecule has 0 fully saturated rings. The molecule has 0 aliphatic carbocycles. The van der Waals surface area contributed by atoms with Crippen LogP contribution in [0, 0.1) is 0 Å². The van der Waals surface area contributed by atoms with Crippen LogP contribution in [0.1, 0.15) is 23.0 Å². The van der Waals surface area contributed by atoms with Gasteiger partial charge < -0.3 is 4.57 Å². The normalized spacial score (nSPS) is 10.2. The molecule has 0 aliphatic heterocycles. The second-order valence-corrected chi connectivity index (χ2v) is 3.33. The lowest BCUT2D eigenvalue weighted by atomic mass is 10.2. The van der Waals surface area contributed by atoms with E-state index in [0.717, 1.165) is 5.69 Å². The Hall–Kier alpha value is -1.97. The van der Waals surface area contributed by atoms with Gasteiger partial charge in [0.2, 0.25) is 0 Å². The van der Waals surface area contributed by atoms with E-state index >= 15 is 0 Å². The first kappa shape index (κ1) is 9.58. The molecule has 2 aromatic heterocycles. The zero-order valence-electron chi connectivity index (χ0n) is 8.42. The van der Waals surface area contributed by atoms with Crippen molar-refractivity contribution in [2.45, 2.75) is 13.5 Å². The number of aromatic nitrogens is 3. The summed E-state index contributed by atoms with van der Waals surface area (Å²) in [6, 6.07) is 3.65. The smallest absolute Gasteiger partial charge is 0.161 e. The first-order valence-electron chi connectivity index (χ1n) is 4.67. The van der Waals surface area contributed by atoms with Crippen LogP contribution in [0.2, 0.25) is 0 Å². The third kappa shape index (κ3) is 2.28. The number of carbonyl (C=O) groups is 1. The van der Waals surface area contributed by atoms with Crippen molar-refractivity contribution < 1.29 is 4.79 Å². The molecule has 0 saturated carbocycles. The minimum Gasteiger partial charge on any atom is -0.331 e. The number of pyridine rings is 1. The highest BCUT2D eigenvalue weighted by molar-refractivity contribution is 5.93. The van der Waals surface area contributed by atoms with E-state index in [0.29, 0.717) is 12.1 Å². The zero-order chi connectivity index (χ0) is 10.7. The standard InChI is InChI=1S/C11H11N3O/c1-9(15)10-2-3-11(13-6-10)7-14-5-4-12-8-14/h2-6,8H,7H2,1H3.